The molecule has 76 valence electrons. The first-order valence-electron chi connectivity index (χ1n) is 4.46. The largest absolute Gasteiger partial charge is 0.472 e. The predicted molar refractivity (Wildman–Crippen MR) is 53.1 cm³/mol. The van der Waals surface area contributed by atoms with E-state index in [0.717, 1.165) is 5.56 Å². The molecule has 1 aromatic rings. The molecule has 0 aliphatic heterocycles. The van der Waals surface area contributed by atoms with Crippen molar-refractivity contribution in [1.29, 1.82) is 0 Å². The molecule has 1 heterocycles. The third-order valence-electron chi connectivity index (χ3n) is 1.73. The van der Waals surface area contributed by atoms with Crippen LogP contribution in [0.15, 0.2) is 28.7 Å². The van der Waals surface area contributed by atoms with Gasteiger partial charge in [-0.2, -0.15) is 0 Å². The van der Waals surface area contributed by atoms with E-state index in [2.05, 4.69) is 0 Å². The lowest BCUT2D eigenvalue weighted by Crippen LogP contribution is -2.02. The van der Waals surface area contributed by atoms with Crippen LogP contribution in [0, 0.1) is 16.0 Å². The highest BCUT2D eigenvalue weighted by molar-refractivity contribution is 5.49. The normalized spacial score (nSPS) is 12.1. The van der Waals surface area contributed by atoms with Crippen LogP contribution < -0.4 is 0 Å². The molecule has 1 aromatic heterocycles. The zero-order chi connectivity index (χ0) is 10.6. The van der Waals surface area contributed by atoms with Crippen LogP contribution in [0.25, 0.3) is 6.08 Å². The van der Waals surface area contributed by atoms with E-state index in [4.69, 9.17) is 4.42 Å². The second-order valence-electron chi connectivity index (χ2n) is 3.55. The van der Waals surface area contributed by atoms with Crippen molar-refractivity contribution >= 4 is 6.08 Å². The number of nitro groups is 1. The van der Waals surface area contributed by atoms with Crippen molar-refractivity contribution in [3.05, 3.63) is 40.0 Å². The highest BCUT2D eigenvalue weighted by Crippen LogP contribution is 2.15. The van der Waals surface area contributed by atoms with E-state index in [1.54, 1.807) is 12.1 Å². The maximum atomic E-state index is 10.7. The predicted octanol–water partition coefficient (Wildman–Crippen LogP) is 2.94. The monoisotopic (exact) mass is 195 g/mol. The Balaban J connectivity index is 2.82. The third-order valence-corrected chi connectivity index (χ3v) is 1.73. The van der Waals surface area contributed by atoms with Crippen LogP contribution >= 0.6 is 0 Å². The van der Waals surface area contributed by atoms with E-state index in [0.29, 0.717) is 6.42 Å². The molecule has 0 unspecified atom stereocenters. The first-order valence-corrected chi connectivity index (χ1v) is 4.46. The van der Waals surface area contributed by atoms with Gasteiger partial charge in [0.2, 0.25) is 5.70 Å². The lowest BCUT2D eigenvalue weighted by atomic mass is 10.1. The van der Waals surface area contributed by atoms with E-state index in [9.17, 15) is 10.1 Å². The minimum atomic E-state index is -0.340. The molecule has 0 aromatic carbocycles. The summed E-state index contributed by atoms with van der Waals surface area (Å²) in [6.45, 7) is 3.90. The molecule has 0 radical (unpaired) electrons. The molecule has 14 heavy (non-hydrogen) atoms. The van der Waals surface area contributed by atoms with Crippen LogP contribution in [-0.2, 0) is 0 Å². The Hall–Kier alpha value is -1.58. The van der Waals surface area contributed by atoms with Crippen molar-refractivity contribution in [3.63, 3.8) is 0 Å². The first-order chi connectivity index (χ1) is 6.59. The maximum Gasteiger partial charge on any atom is 0.247 e. The summed E-state index contributed by atoms with van der Waals surface area (Å²) >= 11 is 0. The van der Waals surface area contributed by atoms with Crippen molar-refractivity contribution in [2.24, 2.45) is 5.92 Å². The molecule has 0 N–H and O–H groups in total. The second-order valence-corrected chi connectivity index (χ2v) is 3.55. The van der Waals surface area contributed by atoms with Crippen molar-refractivity contribution in [2.75, 3.05) is 0 Å². The summed E-state index contributed by atoms with van der Waals surface area (Å²) in [4.78, 5) is 10.3. The first kappa shape index (κ1) is 10.5. The molecule has 0 fully saturated rings. The number of rotatable bonds is 4. The Kier molecular flexibility index (Phi) is 3.45. The van der Waals surface area contributed by atoms with Crippen LogP contribution in [0.1, 0.15) is 25.8 Å². The van der Waals surface area contributed by atoms with E-state index in [-0.39, 0.29) is 16.5 Å². The molecule has 4 nitrogen and oxygen atoms in total. The Bertz CT molecular complexity index is 325. The minimum absolute atomic E-state index is 0.224. The molecule has 0 spiro atoms. The fourth-order valence-electron chi connectivity index (χ4n) is 1.15. The number of nitrogens with zero attached hydrogens (tertiary/aromatic N) is 1. The standard InChI is InChI=1S/C10H13NO3/c1-8(2)5-10(11(12)13)6-9-3-4-14-7-9/h3-4,6-8H,5H2,1-2H3. The lowest BCUT2D eigenvalue weighted by molar-refractivity contribution is -0.427. The molecule has 0 bridgehead atoms. The summed E-state index contributed by atoms with van der Waals surface area (Å²) in [6.07, 6.45) is 5.00. The van der Waals surface area contributed by atoms with Crippen molar-refractivity contribution in [3.8, 4) is 0 Å². The van der Waals surface area contributed by atoms with Crippen LogP contribution in [0.5, 0.6) is 0 Å². The zero-order valence-electron chi connectivity index (χ0n) is 8.27. The van der Waals surface area contributed by atoms with Gasteiger partial charge in [-0.05, 0) is 12.0 Å². The van der Waals surface area contributed by atoms with Crippen LogP contribution in [0.4, 0.5) is 0 Å². The Labute approximate surface area is 82.4 Å². The molecule has 4 heteroatoms. The van der Waals surface area contributed by atoms with Gasteiger partial charge in [0.05, 0.1) is 17.4 Å². The van der Waals surface area contributed by atoms with Gasteiger partial charge < -0.3 is 4.42 Å². The molecule has 0 saturated carbocycles. The van der Waals surface area contributed by atoms with Crippen molar-refractivity contribution in [2.45, 2.75) is 20.3 Å². The fourth-order valence-corrected chi connectivity index (χ4v) is 1.15. The van der Waals surface area contributed by atoms with E-state index in [1.165, 1.54) is 12.5 Å². The highest BCUT2D eigenvalue weighted by atomic mass is 16.6. The van der Waals surface area contributed by atoms with Crippen LogP contribution in [0.2, 0.25) is 0 Å². The smallest absolute Gasteiger partial charge is 0.247 e. The summed E-state index contributed by atoms with van der Waals surface area (Å²) in [5.74, 6) is 0.276. The average molecular weight is 195 g/mol. The van der Waals surface area contributed by atoms with E-state index < -0.39 is 0 Å². The molecular formula is C10H13NO3. The van der Waals surface area contributed by atoms with E-state index in [1.807, 2.05) is 13.8 Å². The molecule has 1 rings (SSSR count). The Morgan fingerprint density at radius 3 is 2.86 bits per heavy atom. The number of hydrogen-bond acceptors (Lipinski definition) is 3. The zero-order valence-corrected chi connectivity index (χ0v) is 8.27. The number of furan rings is 1. The molecule has 0 amide bonds. The topological polar surface area (TPSA) is 56.3 Å². The maximum absolute atomic E-state index is 10.7. The van der Waals surface area contributed by atoms with Gasteiger partial charge in [-0.3, -0.25) is 10.1 Å². The lowest BCUT2D eigenvalue weighted by Gasteiger charge is -2.00. The molecule has 0 atom stereocenters. The summed E-state index contributed by atoms with van der Waals surface area (Å²) in [6, 6.07) is 1.70. The minimum Gasteiger partial charge on any atom is -0.472 e. The van der Waals surface area contributed by atoms with Crippen molar-refractivity contribution < 1.29 is 9.34 Å². The Morgan fingerprint density at radius 1 is 1.71 bits per heavy atom. The van der Waals surface area contributed by atoms with Crippen LogP contribution in [0.3, 0.4) is 0 Å². The number of allylic oxidation sites excluding steroid dienone is 1. The summed E-state index contributed by atoms with van der Waals surface area (Å²) < 4.78 is 4.83. The average Bonchev–Trinajstić information content (AvgIpc) is 2.54. The van der Waals surface area contributed by atoms with Gasteiger partial charge in [0, 0.05) is 18.1 Å². The second kappa shape index (κ2) is 4.60. The van der Waals surface area contributed by atoms with Gasteiger partial charge >= 0.3 is 0 Å². The molecule has 0 saturated heterocycles. The number of hydrogen-bond donors (Lipinski definition) is 0. The molecular weight excluding hydrogens is 182 g/mol. The summed E-state index contributed by atoms with van der Waals surface area (Å²) in [5.41, 5.74) is 0.957. The van der Waals surface area contributed by atoms with E-state index >= 15 is 0 Å². The molecule has 0 aliphatic rings. The van der Waals surface area contributed by atoms with Gasteiger partial charge in [-0.15, -0.1) is 0 Å². The fraction of sp³-hybridized carbons (Fsp3) is 0.400. The van der Waals surface area contributed by atoms with Gasteiger partial charge in [0.25, 0.3) is 0 Å². The Morgan fingerprint density at radius 2 is 2.43 bits per heavy atom. The summed E-state index contributed by atoms with van der Waals surface area (Å²) in [5, 5.41) is 10.7. The quantitative estimate of drug-likeness (QED) is 0.548. The highest BCUT2D eigenvalue weighted by Gasteiger charge is 2.12. The molecule has 0 aliphatic carbocycles. The van der Waals surface area contributed by atoms with Gasteiger partial charge in [0.15, 0.2) is 0 Å². The van der Waals surface area contributed by atoms with Gasteiger partial charge in [-0.25, -0.2) is 0 Å². The van der Waals surface area contributed by atoms with Gasteiger partial charge in [-0.1, -0.05) is 13.8 Å². The van der Waals surface area contributed by atoms with Crippen molar-refractivity contribution in [1.82, 2.24) is 0 Å². The van der Waals surface area contributed by atoms with Gasteiger partial charge in [0.1, 0.15) is 0 Å². The SMILES string of the molecule is CC(C)CC(=Cc1ccoc1)[N+](=O)[O-]. The summed E-state index contributed by atoms with van der Waals surface area (Å²) in [7, 11) is 0. The third kappa shape index (κ3) is 3.05. The van der Waals surface area contributed by atoms with Crippen LogP contribution in [-0.4, -0.2) is 4.92 Å².